The second kappa shape index (κ2) is 6.16. The summed E-state index contributed by atoms with van der Waals surface area (Å²) in [7, 11) is 4.82. The Morgan fingerprint density at radius 3 is 2.39 bits per heavy atom. The van der Waals surface area contributed by atoms with Crippen LogP contribution >= 0.6 is 0 Å². The van der Waals surface area contributed by atoms with Crippen LogP contribution in [0.2, 0.25) is 0 Å². The first kappa shape index (κ1) is 15.2. The molecule has 3 rings (SSSR count). The van der Waals surface area contributed by atoms with Gasteiger partial charge in [0, 0.05) is 17.6 Å². The molecule has 4 heteroatoms. The van der Waals surface area contributed by atoms with E-state index in [-0.39, 0.29) is 5.78 Å². The minimum Gasteiger partial charge on any atom is -0.497 e. The van der Waals surface area contributed by atoms with Crippen LogP contribution in [0.25, 0.3) is 6.08 Å². The molecule has 0 saturated heterocycles. The van der Waals surface area contributed by atoms with Crippen molar-refractivity contribution in [1.82, 2.24) is 0 Å². The zero-order valence-corrected chi connectivity index (χ0v) is 13.4. The van der Waals surface area contributed by atoms with Gasteiger partial charge in [-0.1, -0.05) is 6.07 Å². The number of methoxy groups -OCH3 is 3. The number of rotatable bonds is 4. The van der Waals surface area contributed by atoms with Crippen molar-refractivity contribution in [3.8, 4) is 17.2 Å². The molecule has 1 aliphatic carbocycles. The van der Waals surface area contributed by atoms with E-state index in [0.717, 1.165) is 28.0 Å². The fourth-order valence-electron chi connectivity index (χ4n) is 2.78. The van der Waals surface area contributed by atoms with Gasteiger partial charge in [-0.05, 0) is 47.5 Å². The standard InChI is InChI=1S/C19H18O4/c1-21-15-5-6-16-13(11-15)10-14(19(16)20)8-12-4-7-17(22-2)18(9-12)23-3/h4-9,11H,10H2,1-3H3/b14-8-. The van der Waals surface area contributed by atoms with Gasteiger partial charge in [-0.2, -0.15) is 0 Å². The smallest absolute Gasteiger partial charge is 0.189 e. The minimum absolute atomic E-state index is 0.0671. The van der Waals surface area contributed by atoms with E-state index in [9.17, 15) is 4.79 Å². The lowest BCUT2D eigenvalue weighted by atomic mass is 10.1. The third kappa shape index (κ3) is 2.80. The van der Waals surface area contributed by atoms with Crippen molar-refractivity contribution in [2.45, 2.75) is 6.42 Å². The summed E-state index contributed by atoms with van der Waals surface area (Å²) in [5.74, 6) is 2.15. The molecule has 2 aromatic rings. The second-order valence-electron chi connectivity index (χ2n) is 5.31. The third-order valence-corrected chi connectivity index (χ3v) is 3.98. The molecule has 0 spiro atoms. The van der Waals surface area contributed by atoms with Crippen molar-refractivity contribution in [3.63, 3.8) is 0 Å². The van der Waals surface area contributed by atoms with Crippen molar-refractivity contribution in [2.75, 3.05) is 21.3 Å². The second-order valence-corrected chi connectivity index (χ2v) is 5.31. The highest BCUT2D eigenvalue weighted by molar-refractivity contribution is 6.15. The number of benzene rings is 2. The molecule has 0 saturated carbocycles. The predicted molar refractivity (Wildman–Crippen MR) is 88.6 cm³/mol. The maximum Gasteiger partial charge on any atom is 0.189 e. The molecule has 118 valence electrons. The van der Waals surface area contributed by atoms with Crippen LogP contribution in [-0.2, 0) is 6.42 Å². The van der Waals surface area contributed by atoms with Gasteiger partial charge in [-0.3, -0.25) is 4.79 Å². The highest BCUT2D eigenvalue weighted by Gasteiger charge is 2.25. The molecular formula is C19H18O4. The van der Waals surface area contributed by atoms with Gasteiger partial charge in [0.25, 0.3) is 0 Å². The monoisotopic (exact) mass is 310 g/mol. The summed E-state index contributed by atoms with van der Waals surface area (Å²) in [5.41, 5.74) is 3.42. The van der Waals surface area contributed by atoms with Crippen molar-refractivity contribution in [2.24, 2.45) is 0 Å². The average Bonchev–Trinajstić information content (AvgIpc) is 2.89. The zero-order valence-electron chi connectivity index (χ0n) is 13.4. The number of carbonyl (C=O) groups is 1. The van der Waals surface area contributed by atoms with Crippen LogP contribution in [0.4, 0.5) is 0 Å². The summed E-state index contributed by atoms with van der Waals surface area (Å²) in [5, 5.41) is 0. The Kier molecular flexibility index (Phi) is 4.06. The summed E-state index contributed by atoms with van der Waals surface area (Å²) in [6, 6.07) is 11.2. The number of ether oxygens (including phenoxy) is 3. The number of Topliss-reactive ketones (excluding diaryl/α,β-unsaturated/α-hetero) is 1. The Morgan fingerprint density at radius 2 is 1.70 bits per heavy atom. The molecule has 0 bridgehead atoms. The van der Waals surface area contributed by atoms with Gasteiger partial charge in [0.1, 0.15) is 5.75 Å². The SMILES string of the molecule is COc1ccc2c(c1)C/C(=C/c1ccc(OC)c(OC)c1)C2=O. The number of hydrogen-bond acceptors (Lipinski definition) is 4. The Bertz CT molecular complexity index is 790. The van der Waals surface area contributed by atoms with Crippen molar-refractivity contribution >= 4 is 11.9 Å². The van der Waals surface area contributed by atoms with E-state index in [4.69, 9.17) is 14.2 Å². The lowest BCUT2D eigenvalue weighted by Crippen LogP contribution is -1.96. The van der Waals surface area contributed by atoms with E-state index in [1.807, 2.05) is 42.5 Å². The van der Waals surface area contributed by atoms with Gasteiger partial charge < -0.3 is 14.2 Å². The Balaban J connectivity index is 1.94. The summed E-state index contributed by atoms with van der Waals surface area (Å²) >= 11 is 0. The van der Waals surface area contributed by atoms with Gasteiger partial charge in [-0.25, -0.2) is 0 Å². The molecule has 4 nitrogen and oxygen atoms in total. The first-order valence-corrected chi connectivity index (χ1v) is 7.30. The highest BCUT2D eigenvalue weighted by Crippen LogP contribution is 2.32. The van der Waals surface area contributed by atoms with Crippen LogP contribution in [0.1, 0.15) is 21.5 Å². The number of ketones is 1. The van der Waals surface area contributed by atoms with Crippen LogP contribution in [0.15, 0.2) is 42.0 Å². The first-order chi connectivity index (χ1) is 11.2. The topological polar surface area (TPSA) is 44.8 Å². The largest absolute Gasteiger partial charge is 0.497 e. The van der Waals surface area contributed by atoms with Crippen LogP contribution in [0.3, 0.4) is 0 Å². The Hall–Kier alpha value is -2.75. The molecule has 0 aliphatic heterocycles. The molecule has 0 amide bonds. The highest BCUT2D eigenvalue weighted by atomic mass is 16.5. The number of hydrogen-bond donors (Lipinski definition) is 0. The fourth-order valence-corrected chi connectivity index (χ4v) is 2.78. The molecule has 0 heterocycles. The van der Waals surface area contributed by atoms with E-state index < -0.39 is 0 Å². The van der Waals surface area contributed by atoms with E-state index >= 15 is 0 Å². The molecule has 0 atom stereocenters. The van der Waals surface area contributed by atoms with Gasteiger partial charge in [0.05, 0.1) is 21.3 Å². The Labute approximate surface area is 135 Å². The van der Waals surface area contributed by atoms with Crippen LogP contribution in [0.5, 0.6) is 17.2 Å². The quantitative estimate of drug-likeness (QED) is 0.810. The number of carbonyl (C=O) groups excluding carboxylic acids is 1. The fraction of sp³-hybridized carbons (Fsp3) is 0.211. The van der Waals surface area contributed by atoms with Gasteiger partial charge in [0.2, 0.25) is 0 Å². The van der Waals surface area contributed by atoms with Crippen LogP contribution in [-0.4, -0.2) is 27.1 Å². The summed E-state index contributed by atoms with van der Waals surface area (Å²) in [6.45, 7) is 0. The molecule has 23 heavy (non-hydrogen) atoms. The number of fused-ring (bicyclic) bond motifs is 1. The van der Waals surface area contributed by atoms with Gasteiger partial charge >= 0.3 is 0 Å². The van der Waals surface area contributed by atoms with Crippen LogP contribution < -0.4 is 14.2 Å². The lowest BCUT2D eigenvalue weighted by Gasteiger charge is -2.08. The van der Waals surface area contributed by atoms with E-state index in [1.54, 1.807) is 21.3 Å². The molecular weight excluding hydrogens is 292 g/mol. The van der Waals surface area contributed by atoms with E-state index in [1.165, 1.54) is 0 Å². The Morgan fingerprint density at radius 1 is 0.913 bits per heavy atom. The molecule has 2 aromatic carbocycles. The minimum atomic E-state index is 0.0671. The maximum absolute atomic E-state index is 12.5. The summed E-state index contributed by atoms with van der Waals surface area (Å²) in [4.78, 5) is 12.5. The normalized spacial score (nSPS) is 14.7. The van der Waals surface area contributed by atoms with Gasteiger partial charge in [-0.15, -0.1) is 0 Å². The van der Waals surface area contributed by atoms with Crippen molar-refractivity contribution in [1.29, 1.82) is 0 Å². The molecule has 1 aliphatic rings. The molecule has 0 N–H and O–H groups in total. The van der Waals surface area contributed by atoms with Crippen LogP contribution in [0, 0.1) is 0 Å². The lowest BCUT2D eigenvalue weighted by molar-refractivity contribution is 0.104. The molecule has 0 radical (unpaired) electrons. The molecule has 0 unspecified atom stereocenters. The van der Waals surface area contributed by atoms with E-state index in [0.29, 0.717) is 17.9 Å². The third-order valence-electron chi connectivity index (χ3n) is 3.98. The zero-order chi connectivity index (χ0) is 16.4. The van der Waals surface area contributed by atoms with E-state index in [2.05, 4.69) is 0 Å². The average molecular weight is 310 g/mol. The molecule has 0 fully saturated rings. The first-order valence-electron chi connectivity index (χ1n) is 7.30. The van der Waals surface area contributed by atoms with Crippen molar-refractivity contribution < 1.29 is 19.0 Å². The summed E-state index contributed by atoms with van der Waals surface area (Å²) < 4.78 is 15.8. The maximum atomic E-state index is 12.5. The summed E-state index contributed by atoms with van der Waals surface area (Å²) in [6.07, 6.45) is 2.51. The predicted octanol–water partition coefficient (Wildman–Crippen LogP) is 3.53. The molecule has 0 aromatic heterocycles. The van der Waals surface area contributed by atoms with Crippen molar-refractivity contribution in [3.05, 3.63) is 58.7 Å². The van der Waals surface area contributed by atoms with Gasteiger partial charge in [0.15, 0.2) is 17.3 Å². The number of allylic oxidation sites excluding steroid dienone is 1.